The minimum Gasteiger partial charge on any atom is -0.444 e. The Bertz CT molecular complexity index is 464. The van der Waals surface area contributed by atoms with Crippen molar-refractivity contribution in [2.45, 2.75) is 53.2 Å². The van der Waals surface area contributed by atoms with Crippen LogP contribution in [0.5, 0.6) is 0 Å². The summed E-state index contributed by atoms with van der Waals surface area (Å²) in [5, 5.41) is 6.17. The van der Waals surface area contributed by atoms with Gasteiger partial charge < -0.3 is 15.4 Å². The van der Waals surface area contributed by atoms with Crippen molar-refractivity contribution in [3.8, 4) is 0 Å². The first-order valence-corrected chi connectivity index (χ1v) is 6.98. The molecule has 0 fully saturated rings. The van der Waals surface area contributed by atoms with Crippen LogP contribution < -0.4 is 10.6 Å². The Balaban J connectivity index is 2.46. The zero-order valence-electron chi connectivity index (χ0n) is 13.3. The van der Waals surface area contributed by atoms with Gasteiger partial charge in [0.2, 0.25) is 0 Å². The van der Waals surface area contributed by atoms with Crippen molar-refractivity contribution >= 4 is 11.8 Å². The van der Waals surface area contributed by atoms with Crippen LogP contribution in [0.4, 0.5) is 10.5 Å². The second-order valence-corrected chi connectivity index (χ2v) is 6.18. The third-order valence-electron chi connectivity index (χ3n) is 2.96. The van der Waals surface area contributed by atoms with Crippen LogP contribution in [0.3, 0.4) is 0 Å². The number of ether oxygens (including phenoxy) is 1. The fraction of sp³-hybridized carbons (Fsp3) is 0.562. The molecule has 1 unspecified atom stereocenters. The molecule has 0 saturated carbocycles. The maximum Gasteiger partial charge on any atom is 0.407 e. The van der Waals surface area contributed by atoms with Crippen LogP contribution >= 0.6 is 0 Å². The lowest BCUT2D eigenvalue weighted by molar-refractivity contribution is 0.0526. The molecule has 2 N–H and O–H groups in total. The lowest BCUT2D eigenvalue weighted by Crippen LogP contribution is -2.38. The van der Waals surface area contributed by atoms with Crippen molar-refractivity contribution in [2.24, 2.45) is 0 Å². The van der Waals surface area contributed by atoms with Gasteiger partial charge >= 0.3 is 6.09 Å². The molecule has 0 aliphatic heterocycles. The summed E-state index contributed by atoms with van der Waals surface area (Å²) in [5.41, 5.74) is 3.12. The van der Waals surface area contributed by atoms with Crippen LogP contribution in [-0.4, -0.2) is 24.3 Å². The molecule has 20 heavy (non-hydrogen) atoms. The molecule has 4 nitrogen and oxygen atoms in total. The zero-order chi connectivity index (χ0) is 15.3. The van der Waals surface area contributed by atoms with E-state index in [-0.39, 0.29) is 12.1 Å². The molecule has 0 aromatic heterocycles. The summed E-state index contributed by atoms with van der Waals surface area (Å²) in [6.45, 7) is 12.3. The van der Waals surface area contributed by atoms with E-state index < -0.39 is 5.60 Å². The molecule has 1 rings (SSSR count). The Labute approximate surface area is 121 Å². The number of anilines is 1. The third kappa shape index (κ3) is 5.51. The SMILES string of the molecule is Cc1cccc(NC(C)CNC(=O)OC(C)(C)C)c1C. The molecule has 0 spiro atoms. The first-order valence-electron chi connectivity index (χ1n) is 6.98. The van der Waals surface area contributed by atoms with E-state index in [9.17, 15) is 4.79 Å². The maximum atomic E-state index is 11.6. The predicted molar refractivity (Wildman–Crippen MR) is 83.2 cm³/mol. The summed E-state index contributed by atoms with van der Waals surface area (Å²) >= 11 is 0. The second-order valence-electron chi connectivity index (χ2n) is 6.18. The summed E-state index contributed by atoms with van der Waals surface area (Å²) in [7, 11) is 0. The van der Waals surface area contributed by atoms with E-state index in [4.69, 9.17) is 4.74 Å². The molecule has 0 saturated heterocycles. The summed E-state index contributed by atoms with van der Waals surface area (Å²) in [4.78, 5) is 11.6. The number of nitrogens with one attached hydrogen (secondary N) is 2. The minimum absolute atomic E-state index is 0.128. The van der Waals surface area contributed by atoms with Crippen molar-refractivity contribution in [2.75, 3.05) is 11.9 Å². The molecular formula is C16H26N2O2. The van der Waals surface area contributed by atoms with Crippen LogP contribution in [0, 0.1) is 13.8 Å². The Morgan fingerprint density at radius 2 is 1.95 bits per heavy atom. The second kappa shape index (κ2) is 6.64. The number of aryl methyl sites for hydroxylation is 1. The topological polar surface area (TPSA) is 50.4 Å². The monoisotopic (exact) mass is 278 g/mol. The largest absolute Gasteiger partial charge is 0.444 e. The molecule has 4 heteroatoms. The van der Waals surface area contributed by atoms with Gasteiger partial charge in [-0.05, 0) is 58.7 Å². The van der Waals surface area contributed by atoms with Crippen molar-refractivity contribution in [3.05, 3.63) is 29.3 Å². The van der Waals surface area contributed by atoms with Gasteiger partial charge in [-0.2, -0.15) is 0 Å². The van der Waals surface area contributed by atoms with Crippen molar-refractivity contribution in [3.63, 3.8) is 0 Å². The number of amides is 1. The number of benzene rings is 1. The first kappa shape index (κ1) is 16.3. The van der Waals surface area contributed by atoms with Gasteiger partial charge in [-0.3, -0.25) is 0 Å². The van der Waals surface area contributed by atoms with Gasteiger partial charge in [0, 0.05) is 18.3 Å². The Kier molecular flexibility index (Phi) is 5.43. The predicted octanol–water partition coefficient (Wildman–Crippen LogP) is 3.63. The number of hydrogen-bond donors (Lipinski definition) is 2. The molecular weight excluding hydrogens is 252 g/mol. The molecule has 0 bridgehead atoms. The van der Waals surface area contributed by atoms with Crippen LogP contribution in [0.15, 0.2) is 18.2 Å². The minimum atomic E-state index is -0.464. The fourth-order valence-electron chi connectivity index (χ4n) is 1.77. The highest BCUT2D eigenvalue weighted by Crippen LogP contribution is 2.18. The number of carbonyl (C=O) groups excluding carboxylic acids is 1. The van der Waals surface area contributed by atoms with E-state index in [0.717, 1.165) is 5.69 Å². The summed E-state index contributed by atoms with van der Waals surface area (Å²) in [6.07, 6.45) is -0.382. The van der Waals surface area contributed by atoms with Gasteiger partial charge in [-0.15, -0.1) is 0 Å². The van der Waals surface area contributed by atoms with Crippen LogP contribution in [-0.2, 0) is 4.74 Å². The molecule has 0 aliphatic rings. The Hall–Kier alpha value is -1.71. The summed E-state index contributed by atoms with van der Waals surface area (Å²) in [5.74, 6) is 0. The smallest absolute Gasteiger partial charge is 0.407 e. The van der Waals surface area contributed by atoms with Crippen LogP contribution in [0.25, 0.3) is 0 Å². The molecule has 112 valence electrons. The first-order chi connectivity index (χ1) is 9.19. The van der Waals surface area contributed by atoms with Crippen LogP contribution in [0.2, 0.25) is 0 Å². The summed E-state index contributed by atoms with van der Waals surface area (Å²) in [6, 6.07) is 6.29. The quantitative estimate of drug-likeness (QED) is 0.884. The van der Waals surface area contributed by atoms with E-state index in [0.29, 0.717) is 6.54 Å². The molecule has 1 aromatic rings. The number of hydrogen-bond acceptors (Lipinski definition) is 3. The molecule has 1 atom stereocenters. The lowest BCUT2D eigenvalue weighted by atomic mass is 10.1. The van der Waals surface area contributed by atoms with Gasteiger partial charge in [0.05, 0.1) is 0 Å². The van der Waals surface area contributed by atoms with Gasteiger partial charge in [-0.25, -0.2) is 4.79 Å². The maximum absolute atomic E-state index is 11.6. The van der Waals surface area contributed by atoms with Crippen LogP contribution in [0.1, 0.15) is 38.8 Å². The fourth-order valence-corrected chi connectivity index (χ4v) is 1.77. The van der Waals surface area contributed by atoms with Crippen molar-refractivity contribution in [1.82, 2.24) is 5.32 Å². The van der Waals surface area contributed by atoms with E-state index in [1.807, 2.05) is 39.8 Å². The van der Waals surface area contributed by atoms with E-state index >= 15 is 0 Å². The van der Waals surface area contributed by atoms with E-state index in [1.165, 1.54) is 11.1 Å². The Morgan fingerprint density at radius 3 is 2.55 bits per heavy atom. The molecule has 1 amide bonds. The van der Waals surface area contributed by atoms with E-state index in [2.05, 4.69) is 30.5 Å². The van der Waals surface area contributed by atoms with Crippen molar-refractivity contribution < 1.29 is 9.53 Å². The Morgan fingerprint density at radius 1 is 1.30 bits per heavy atom. The number of rotatable bonds is 4. The molecule has 0 radical (unpaired) electrons. The van der Waals surface area contributed by atoms with Gasteiger partial charge in [-0.1, -0.05) is 12.1 Å². The standard InChI is InChI=1S/C16H26N2O2/c1-11-8-7-9-14(13(11)3)18-12(2)10-17-15(19)20-16(4,5)6/h7-9,12,18H,10H2,1-6H3,(H,17,19). The third-order valence-corrected chi connectivity index (χ3v) is 2.96. The normalized spacial score (nSPS) is 12.7. The number of carbonyl (C=O) groups is 1. The summed E-state index contributed by atoms with van der Waals surface area (Å²) < 4.78 is 5.20. The van der Waals surface area contributed by atoms with Crippen molar-refractivity contribution in [1.29, 1.82) is 0 Å². The van der Waals surface area contributed by atoms with Gasteiger partial charge in [0.15, 0.2) is 0 Å². The zero-order valence-corrected chi connectivity index (χ0v) is 13.3. The number of alkyl carbamates (subject to hydrolysis) is 1. The molecule has 1 aromatic carbocycles. The molecule has 0 heterocycles. The average Bonchev–Trinajstić information content (AvgIpc) is 2.30. The highest BCUT2D eigenvalue weighted by atomic mass is 16.6. The lowest BCUT2D eigenvalue weighted by Gasteiger charge is -2.22. The highest BCUT2D eigenvalue weighted by molar-refractivity contribution is 5.67. The average molecular weight is 278 g/mol. The molecule has 0 aliphatic carbocycles. The highest BCUT2D eigenvalue weighted by Gasteiger charge is 2.16. The van der Waals surface area contributed by atoms with Gasteiger partial charge in [0.1, 0.15) is 5.60 Å². The van der Waals surface area contributed by atoms with E-state index in [1.54, 1.807) is 0 Å². The van der Waals surface area contributed by atoms with Gasteiger partial charge in [0.25, 0.3) is 0 Å².